The monoisotopic (exact) mass is 417 g/mol. The predicted octanol–water partition coefficient (Wildman–Crippen LogP) is 1.62. The fraction of sp³-hybridized carbons (Fsp3) is 0.562. The van der Waals surface area contributed by atoms with Crippen LogP contribution in [-0.2, 0) is 14.8 Å². The highest BCUT2D eigenvalue weighted by Gasteiger charge is 2.23. The Bertz CT molecular complexity index is 686. The summed E-state index contributed by atoms with van der Waals surface area (Å²) < 4.78 is 27.9. The van der Waals surface area contributed by atoms with Gasteiger partial charge >= 0.3 is 0 Å². The molecule has 1 fully saturated rings. The highest BCUT2D eigenvalue weighted by Crippen LogP contribution is 2.23. The van der Waals surface area contributed by atoms with Crippen LogP contribution in [0.4, 0.5) is 0 Å². The first-order chi connectivity index (χ1) is 11.3. The third-order valence-electron chi connectivity index (χ3n) is 4.31. The summed E-state index contributed by atoms with van der Waals surface area (Å²) in [5.41, 5.74) is 6.32. The van der Waals surface area contributed by atoms with Gasteiger partial charge in [0.05, 0.1) is 4.90 Å². The summed E-state index contributed by atoms with van der Waals surface area (Å²) in [5, 5.41) is 0. The first kappa shape index (κ1) is 19.4. The van der Waals surface area contributed by atoms with Crippen LogP contribution >= 0.6 is 15.9 Å². The molecule has 0 aliphatic carbocycles. The van der Waals surface area contributed by atoms with E-state index in [9.17, 15) is 13.2 Å². The van der Waals surface area contributed by atoms with Crippen LogP contribution in [0.15, 0.2) is 27.6 Å². The molecule has 0 bridgehead atoms. The predicted molar refractivity (Wildman–Crippen MR) is 97.0 cm³/mol. The van der Waals surface area contributed by atoms with Gasteiger partial charge in [-0.2, -0.15) is 0 Å². The highest BCUT2D eigenvalue weighted by molar-refractivity contribution is 9.10. The van der Waals surface area contributed by atoms with Crippen molar-refractivity contribution < 1.29 is 13.2 Å². The van der Waals surface area contributed by atoms with Crippen LogP contribution in [0.1, 0.15) is 24.8 Å². The van der Waals surface area contributed by atoms with Gasteiger partial charge in [0.25, 0.3) is 0 Å². The van der Waals surface area contributed by atoms with Crippen molar-refractivity contribution >= 4 is 31.9 Å². The first-order valence-corrected chi connectivity index (χ1v) is 10.3. The van der Waals surface area contributed by atoms with Crippen molar-refractivity contribution in [3.05, 3.63) is 28.2 Å². The number of aryl methyl sites for hydroxylation is 1. The maximum absolute atomic E-state index is 12.3. The Kier molecular flexibility index (Phi) is 6.79. The van der Waals surface area contributed by atoms with Gasteiger partial charge in [0.15, 0.2) is 0 Å². The van der Waals surface area contributed by atoms with Crippen LogP contribution in [0.3, 0.4) is 0 Å². The number of nitrogens with one attached hydrogen (secondary N) is 1. The first-order valence-electron chi connectivity index (χ1n) is 8.07. The zero-order valence-electron chi connectivity index (χ0n) is 13.8. The highest BCUT2D eigenvalue weighted by atomic mass is 79.9. The van der Waals surface area contributed by atoms with Gasteiger partial charge in [0.2, 0.25) is 15.9 Å². The lowest BCUT2D eigenvalue weighted by atomic mass is 9.96. The van der Waals surface area contributed by atoms with Gasteiger partial charge in [0.1, 0.15) is 0 Å². The molecular formula is C16H24BrN3O3S. The van der Waals surface area contributed by atoms with E-state index in [2.05, 4.69) is 25.6 Å². The van der Waals surface area contributed by atoms with E-state index in [4.69, 9.17) is 5.73 Å². The minimum Gasteiger partial charge on any atom is -0.369 e. The van der Waals surface area contributed by atoms with Crippen molar-refractivity contribution in [2.24, 2.45) is 11.7 Å². The average Bonchev–Trinajstić information content (AvgIpc) is 2.51. The quantitative estimate of drug-likeness (QED) is 0.659. The standard InChI is InChI=1S/C16H24BrN3O3S/c1-12-3-4-15(14(17)11-12)24(22,23)19-7-2-8-20-9-5-13(6-10-20)16(18)21/h3-4,11,13,19H,2,5-10H2,1H3,(H2,18,21). The fourth-order valence-corrected chi connectivity index (χ4v) is 5.12. The number of nitrogens with two attached hydrogens (primary N) is 1. The average molecular weight is 418 g/mol. The Morgan fingerprint density at radius 1 is 1.38 bits per heavy atom. The van der Waals surface area contributed by atoms with Crippen molar-refractivity contribution in [3.63, 3.8) is 0 Å². The van der Waals surface area contributed by atoms with Gasteiger partial charge in [-0.05, 0) is 79.4 Å². The lowest BCUT2D eigenvalue weighted by molar-refractivity contribution is -0.123. The molecule has 1 aliphatic rings. The number of primary amides is 1. The third kappa shape index (κ3) is 5.27. The van der Waals surface area contributed by atoms with Gasteiger partial charge in [-0.15, -0.1) is 0 Å². The largest absolute Gasteiger partial charge is 0.369 e. The van der Waals surface area contributed by atoms with E-state index in [1.165, 1.54) is 0 Å². The van der Waals surface area contributed by atoms with Crippen LogP contribution < -0.4 is 10.5 Å². The number of piperidine rings is 1. The summed E-state index contributed by atoms with van der Waals surface area (Å²) in [6.07, 6.45) is 2.30. The summed E-state index contributed by atoms with van der Waals surface area (Å²) >= 11 is 3.31. The number of rotatable bonds is 7. The smallest absolute Gasteiger partial charge is 0.241 e. The van der Waals surface area contributed by atoms with E-state index in [1.54, 1.807) is 18.2 Å². The zero-order chi connectivity index (χ0) is 17.7. The van der Waals surface area contributed by atoms with Crippen molar-refractivity contribution in [2.45, 2.75) is 31.1 Å². The van der Waals surface area contributed by atoms with E-state index in [0.717, 1.165) is 44.5 Å². The second-order valence-corrected chi connectivity index (χ2v) is 8.79. The van der Waals surface area contributed by atoms with Gasteiger partial charge in [-0.3, -0.25) is 4.79 Å². The molecule has 0 unspecified atom stereocenters. The van der Waals surface area contributed by atoms with Gasteiger partial charge in [-0.25, -0.2) is 13.1 Å². The molecule has 0 atom stereocenters. The molecule has 6 nitrogen and oxygen atoms in total. The molecule has 1 aliphatic heterocycles. The molecule has 1 saturated heterocycles. The Labute approximate surface area is 152 Å². The molecule has 24 heavy (non-hydrogen) atoms. The second kappa shape index (κ2) is 8.42. The number of likely N-dealkylation sites (tertiary alicyclic amines) is 1. The van der Waals surface area contributed by atoms with Crippen molar-refractivity contribution in [1.29, 1.82) is 0 Å². The summed E-state index contributed by atoms with van der Waals surface area (Å²) in [7, 11) is -3.51. The Hall–Kier alpha value is -0.960. The summed E-state index contributed by atoms with van der Waals surface area (Å²) in [6.45, 7) is 4.78. The maximum Gasteiger partial charge on any atom is 0.241 e. The second-order valence-electron chi connectivity index (χ2n) is 6.20. The lowest BCUT2D eigenvalue weighted by Gasteiger charge is -2.30. The van der Waals surface area contributed by atoms with Gasteiger partial charge in [-0.1, -0.05) is 6.07 Å². The number of sulfonamides is 1. The Morgan fingerprint density at radius 2 is 2.04 bits per heavy atom. The van der Waals surface area contributed by atoms with E-state index >= 15 is 0 Å². The molecule has 1 aromatic carbocycles. The Balaban J connectivity index is 1.77. The number of carbonyl (C=O) groups excluding carboxylic acids is 1. The molecular weight excluding hydrogens is 394 g/mol. The van der Waals surface area contributed by atoms with Crippen LogP contribution in [0, 0.1) is 12.8 Å². The molecule has 0 aromatic heterocycles. The lowest BCUT2D eigenvalue weighted by Crippen LogP contribution is -2.39. The van der Waals surface area contributed by atoms with Crippen LogP contribution in [0.25, 0.3) is 0 Å². The van der Waals surface area contributed by atoms with Crippen LogP contribution in [0.5, 0.6) is 0 Å². The van der Waals surface area contributed by atoms with Crippen molar-refractivity contribution in [2.75, 3.05) is 26.2 Å². The molecule has 0 radical (unpaired) electrons. The van der Waals surface area contributed by atoms with E-state index in [1.807, 2.05) is 6.92 Å². The molecule has 2 rings (SSSR count). The molecule has 3 N–H and O–H groups in total. The van der Waals surface area contributed by atoms with Gasteiger partial charge < -0.3 is 10.6 Å². The number of carbonyl (C=O) groups is 1. The molecule has 134 valence electrons. The topological polar surface area (TPSA) is 92.5 Å². The number of amides is 1. The molecule has 0 saturated carbocycles. The minimum absolute atomic E-state index is 0.0151. The van der Waals surface area contributed by atoms with Crippen molar-refractivity contribution in [1.82, 2.24) is 9.62 Å². The summed E-state index contributed by atoms with van der Waals surface area (Å²) in [6, 6.07) is 5.18. The minimum atomic E-state index is -3.51. The van der Waals surface area contributed by atoms with Gasteiger partial charge in [0, 0.05) is 16.9 Å². The molecule has 1 heterocycles. The number of halogens is 1. The van der Waals surface area contributed by atoms with E-state index < -0.39 is 10.0 Å². The molecule has 0 spiro atoms. The zero-order valence-corrected chi connectivity index (χ0v) is 16.2. The van der Waals surface area contributed by atoms with Crippen molar-refractivity contribution in [3.8, 4) is 0 Å². The molecule has 8 heteroatoms. The fourth-order valence-electron chi connectivity index (χ4n) is 2.85. The van der Waals surface area contributed by atoms with E-state index in [-0.39, 0.29) is 16.7 Å². The number of hydrogen-bond donors (Lipinski definition) is 2. The van der Waals surface area contributed by atoms with Crippen LogP contribution in [-0.4, -0.2) is 45.4 Å². The van der Waals surface area contributed by atoms with Crippen LogP contribution in [0.2, 0.25) is 0 Å². The summed E-state index contributed by atoms with van der Waals surface area (Å²) in [4.78, 5) is 13.6. The SMILES string of the molecule is Cc1ccc(S(=O)(=O)NCCCN2CCC(C(N)=O)CC2)c(Br)c1. The molecule has 1 amide bonds. The number of hydrogen-bond acceptors (Lipinski definition) is 4. The Morgan fingerprint density at radius 3 is 2.62 bits per heavy atom. The normalized spacial score (nSPS) is 17.1. The summed E-state index contributed by atoms with van der Waals surface area (Å²) in [5.74, 6) is -0.232. The third-order valence-corrected chi connectivity index (χ3v) is 6.75. The molecule has 1 aromatic rings. The number of benzene rings is 1. The number of nitrogens with zero attached hydrogens (tertiary/aromatic N) is 1. The maximum atomic E-state index is 12.3. The van der Waals surface area contributed by atoms with E-state index in [0.29, 0.717) is 11.0 Å².